The first kappa shape index (κ1) is 20.2. The van der Waals surface area contributed by atoms with Crippen LogP contribution in [0.1, 0.15) is 17.0 Å². The van der Waals surface area contributed by atoms with Gasteiger partial charge in [-0.05, 0) is 36.4 Å². The van der Waals surface area contributed by atoms with Gasteiger partial charge in [-0.2, -0.15) is 0 Å². The summed E-state index contributed by atoms with van der Waals surface area (Å²) >= 11 is 1.55. The predicted molar refractivity (Wildman–Crippen MR) is 108 cm³/mol. The lowest BCUT2D eigenvalue weighted by Crippen LogP contribution is -3.12. The average molecular weight is 402 g/mol. The van der Waals surface area contributed by atoms with E-state index in [-0.39, 0.29) is 12.5 Å². The van der Waals surface area contributed by atoms with Gasteiger partial charge in [0.05, 0.1) is 11.5 Å². The van der Waals surface area contributed by atoms with Crippen LogP contribution in [0.5, 0.6) is 0 Å². The number of amides is 1. The molecular weight excluding hydrogens is 376 g/mol. The third-order valence-corrected chi connectivity index (χ3v) is 5.27. The van der Waals surface area contributed by atoms with E-state index in [0.29, 0.717) is 31.5 Å². The monoisotopic (exact) mass is 401 g/mol. The zero-order valence-corrected chi connectivity index (χ0v) is 17.1. The van der Waals surface area contributed by atoms with Crippen LogP contribution in [0.15, 0.2) is 40.1 Å². The first-order chi connectivity index (χ1) is 13.6. The van der Waals surface area contributed by atoms with Crippen molar-refractivity contribution in [1.29, 1.82) is 0 Å². The molecule has 1 unspecified atom stereocenters. The highest BCUT2D eigenvalue weighted by atomic mass is 32.1. The van der Waals surface area contributed by atoms with Gasteiger partial charge in [0, 0.05) is 12.8 Å². The summed E-state index contributed by atoms with van der Waals surface area (Å²) in [4.78, 5) is 14.6. The summed E-state index contributed by atoms with van der Waals surface area (Å²) in [6, 6.07) is 9.84. The molecule has 0 fully saturated rings. The lowest BCUT2D eigenvalue weighted by molar-refractivity contribution is -0.907. The summed E-state index contributed by atoms with van der Waals surface area (Å²) in [6.45, 7) is 5.92. The van der Waals surface area contributed by atoms with Gasteiger partial charge in [0.2, 0.25) is 0 Å². The molecule has 8 heteroatoms. The molecule has 0 saturated carbocycles. The van der Waals surface area contributed by atoms with E-state index in [1.54, 1.807) is 18.4 Å². The van der Waals surface area contributed by atoms with Crippen molar-refractivity contribution >= 4 is 22.9 Å². The highest BCUT2D eigenvalue weighted by Gasteiger charge is 2.20. The third kappa shape index (κ3) is 5.25. The number of aryl methyl sites for hydroxylation is 2. The van der Waals surface area contributed by atoms with Crippen molar-refractivity contribution in [3.8, 4) is 10.8 Å². The summed E-state index contributed by atoms with van der Waals surface area (Å²) in [5.41, 5.74) is 2.96. The van der Waals surface area contributed by atoms with Crippen molar-refractivity contribution < 1.29 is 18.8 Å². The largest absolute Gasteiger partial charge is 0.414 e. The smallest absolute Gasteiger partial charge is 0.279 e. The number of anilines is 1. The zero-order valence-electron chi connectivity index (χ0n) is 16.3. The lowest BCUT2D eigenvalue weighted by atomic mass is 10.1. The molecule has 3 rings (SSSR count). The van der Waals surface area contributed by atoms with Crippen molar-refractivity contribution in [3.05, 3.63) is 52.7 Å². The number of carbonyl (C=O) groups is 1. The van der Waals surface area contributed by atoms with Crippen molar-refractivity contribution in [1.82, 2.24) is 10.2 Å². The first-order valence-electron chi connectivity index (χ1n) is 9.11. The molecule has 2 N–H and O–H groups in total. The maximum absolute atomic E-state index is 12.6. The quantitative estimate of drug-likeness (QED) is 0.574. The van der Waals surface area contributed by atoms with Crippen LogP contribution in [0, 0.1) is 13.8 Å². The molecule has 28 heavy (non-hydrogen) atoms. The van der Waals surface area contributed by atoms with Gasteiger partial charge in [-0.1, -0.05) is 24.3 Å². The number of para-hydroxylation sites is 1. The van der Waals surface area contributed by atoms with Crippen LogP contribution in [-0.2, 0) is 16.1 Å². The fraction of sp³-hybridized carbons (Fsp3) is 0.350. The van der Waals surface area contributed by atoms with Gasteiger partial charge in [-0.25, -0.2) is 0 Å². The Morgan fingerprint density at radius 2 is 2.00 bits per heavy atom. The van der Waals surface area contributed by atoms with Gasteiger partial charge in [-0.3, -0.25) is 4.79 Å². The van der Waals surface area contributed by atoms with E-state index < -0.39 is 0 Å². The molecule has 0 radical (unpaired) electrons. The molecule has 0 saturated heterocycles. The van der Waals surface area contributed by atoms with Crippen LogP contribution in [0.25, 0.3) is 10.8 Å². The molecular formula is C20H25N4O3S+. The van der Waals surface area contributed by atoms with Gasteiger partial charge in [0.1, 0.15) is 6.54 Å². The SMILES string of the molecule is COCC[NH+](CC(=O)Nc1c(C)cccc1C)Cc1nnc(-c2cccs2)o1. The molecule has 0 aliphatic heterocycles. The number of carbonyl (C=O) groups excluding carboxylic acids is 1. The van der Waals surface area contributed by atoms with Crippen LogP contribution in [-0.4, -0.2) is 42.9 Å². The second-order valence-corrected chi connectivity index (χ2v) is 7.59. The van der Waals surface area contributed by atoms with Crippen LogP contribution >= 0.6 is 11.3 Å². The summed E-state index contributed by atoms with van der Waals surface area (Å²) in [5.74, 6) is 0.965. The number of thiophene rings is 1. The van der Waals surface area contributed by atoms with Crippen molar-refractivity contribution in [2.45, 2.75) is 20.4 Å². The van der Waals surface area contributed by atoms with Crippen molar-refractivity contribution in [3.63, 3.8) is 0 Å². The molecule has 2 aromatic heterocycles. The Morgan fingerprint density at radius 1 is 1.21 bits per heavy atom. The molecule has 1 aromatic carbocycles. The number of rotatable bonds is 9. The number of hydrogen-bond acceptors (Lipinski definition) is 6. The number of hydrogen-bond donors (Lipinski definition) is 2. The van der Waals surface area contributed by atoms with Crippen molar-refractivity contribution in [2.75, 3.05) is 32.1 Å². The fourth-order valence-corrected chi connectivity index (χ4v) is 3.59. The molecule has 1 amide bonds. The molecule has 0 aliphatic carbocycles. The summed E-state index contributed by atoms with van der Waals surface area (Å²) in [7, 11) is 1.65. The zero-order chi connectivity index (χ0) is 19.9. The first-order valence-corrected chi connectivity index (χ1v) is 9.99. The van der Waals surface area contributed by atoms with Crippen molar-refractivity contribution in [2.24, 2.45) is 0 Å². The molecule has 148 valence electrons. The predicted octanol–water partition coefficient (Wildman–Crippen LogP) is 2.08. The molecule has 1 atom stereocenters. The fourth-order valence-electron chi connectivity index (χ4n) is 2.95. The second-order valence-electron chi connectivity index (χ2n) is 6.64. The minimum Gasteiger partial charge on any atom is -0.414 e. The van der Waals surface area contributed by atoms with Gasteiger partial charge < -0.3 is 19.4 Å². The number of quaternary nitrogens is 1. The summed E-state index contributed by atoms with van der Waals surface area (Å²) in [5, 5.41) is 13.2. The number of nitrogens with zero attached hydrogens (tertiary/aromatic N) is 2. The molecule has 0 aliphatic rings. The number of ether oxygens (including phenoxy) is 1. The highest BCUT2D eigenvalue weighted by molar-refractivity contribution is 7.13. The third-order valence-electron chi connectivity index (χ3n) is 4.42. The number of benzene rings is 1. The van der Waals surface area contributed by atoms with E-state index in [2.05, 4.69) is 15.5 Å². The summed E-state index contributed by atoms with van der Waals surface area (Å²) in [6.07, 6.45) is 0. The molecule has 2 heterocycles. The van der Waals surface area contributed by atoms with Crippen LogP contribution in [0.4, 0.5) is 5.69 Å². The van der Waals surface area contributed by atoms with E-state index in [1.165, 1.54) is 0 Å². The van der Waals surface area contributed by atoms with E-state index >= 15 is 0 Å². The number of aromatic nitrogens is 2. The minimum atomic E-state index is -0.0542. The van der Waals surface area contributed by atoms with Crippen LogP contribution < -0.4 is 10.2 Å². The summed E-state index contributed by atoms with van der Waals surface area (Å²) < 4.78 is 11.0. The standard InChI is InChI=1S/C20H24N4O3S/c1-14-6-4-7-15(2)19(14)21-17(25)12-24(9-10-26-3)13-18-22-23-20(27-18)16-8-5-11-28-16/h4-8,11H,9-10,12-13H2,1-3H3,(H,21,25)/p+1. The molecule has 3 aromatic rings. The second kappa shape index (κ2) is 9.59. The van der Waals surface area contributed by atoms with Crippen LogP contribution in [0.3, 0.4) is 0 Å². The Morgan fingerprint density at radius 3 is 2.68 bits per heavy atom. The number of methoxy groups -OCH3 is 1. The molecule has 7 nitrogen and oxygen atoms in total. The van der Waals surface area contributed by atoms with Gasteiger partial charge in [-0.15, -0.1) is 21.5 Å². The molecule has 0 spiro atoms. The number of nitrogens with one attached hydrogen (secondary N) is 2. The van der Waals surface area contributed by atoms with E-state index in [9.17, 15) is 4.79 Å². The topological polar surface area (TPSA) is 81.7 Å². The average Bonchev–Trinajstić information content (AvgIpc) is 3.34. The lowest BCUT2D eigenvalue weighted by Gasteiger charge is -2.18. The van der Waals surface area contributed by atoms with E-state index in [4.69, 9.17) is 9.15 Å². The molecule has 0 bridgehead atoms. The van der Waals surface area contributed by atoms with Gasteiger partial charge in [0.25, 0.3) is 17.7 Å². The van der Waals surface area contributed by atoms with Gasteiger partial charge in [0.15, 0.2) is 13.1 Å². The van der Waals surface area contributed by atoms with Crippen LogP contribution in [0.2, 0.25) is 0 Å². The minimum absolute atomic E-state index is 0.0542. The van der Waals surface area contributed by atoms with E-state index in [0.717, 1.165) is 26.6 Å². The Hall–Kier alpha value is -2.55. The van der Waals surface area contributed by atoms with Gasteiger partial charge >= 0.3 is 0 Å². The Bertz CT molecular complexity index is 888. The highest BCUT2D eigenvalue weighted by Crippen LogP contribution is 2.22. The Labute approximate surface area is 168 Å². The Balaban J connectivity index is 1.65. The maximum atomic E-state index is 12.6. The Kier molecular flexibility index (Phi) is 6.91. The van der Waals surface area contributed by atoms with E-state index in [1.807, 2.05) is 49.6 Å². The maximum Gasteiger partial charge on any atom is 0.279 e. The normalized spacial score (nSPS) is 12.1.